The lowest BCUT2D eigenvalue weighted by molar-refractivity contribution is -0.135. The minimum absolute atomic E-state index is 0.0192. The SMILES string of the molecule is COc1cc2c(cc1OC[C@@H]1CCCO1)[C@H](c1ccc(Cl)cc1)N(c1ccc(N(C)CC3CCC(N4CCN(C)C(=O)C4)CC3)nc1)C(=O)C2. The number of hydrogen-bond acceptors (Lipinski definition) is 8. The average molecular weight is 702 g/mol. The van der Waals surface area contributed by atoms with Crippen molar-refractivity contribution in [1.29, 1.82) is 0 Å². The van der Waals surface area contributed by atoms with Crippen LogP contribution in [0, 0.1) is 5.92 Å². The first-order valence-corrected chi connectivity index (χ1v) is 18.3. The van der Waals surface area contributed by atoms with Crippen LogP contribution in [0.1, 0.15) is 61.3 Å². The molecule has 11 heteroatoms. The highest BCUT2D eigenvalue weighted by molar-refractivity contribution is 6.30. The van der Waals surface area contributed by atoms with Crippen LogP contribution in [-0.4, -0.2) is 99.3 Å². The van der Waals surface area contributed by atoms with Gasteiger partial charge in [0.2, 0.25) is 11.8 Å². The van der Waals surface area contributed by atoms with Crippen molar-refractivity contribution < 1.29 is 23.8 Å². The number of ether oxygens (including phenoxy) is 3. The Hall–Kier alpha value is -3.86. The minimum Gasteiger partial charge on any atom is -0.493 e. The molecule has 2 amide bonds. The quantitative estimate of drug-likeness (QED) is 0.264. The van der Waals surface area contributed by atoms with Gasteiger partial charge in [-0.3, -0.25) is 19.4 Å². The molecule has 0 radical (unpaired) electrons. The Bertz CT molecular complexity index is 1660. The molecule has 0 bridgehead atoms. The first-order valence-electron chi connectivity index (χ1n) is 17.9. The molecule has 3 aromatic rings. The Labute approximate surface area is 300 Å². The highest BCUT2D eigenvalue weighted by Gasteiger charge is 2.37. The van der Waals surface area contributed by atoms with E-state index in [0.29, 0.717) is 41.6 Å². The van der Waals surface area contributed by atoms with E-state index in [2.05, 4.69) is 16.8 Å². The number of likely N-dealkylation sites (N-methyl/N-ethyl adjacent to an activating group) is 1. The van der Waals surface area contributed by atoms with Gasteiger partial charge in [0.15, 0.2) is 11.5 Å². The Morgan fingerprint density at radius 3 is 2.46 bits per heavy atom. The molecule has 0 N–H and O–H groups in total. The van der Waals surface area contributed by atoms with Crippen molar-refractivity contribution in [2.45, 2.75) is 63.1 Å². The van der Waals surface area contributed by atoms with Crippen LogP contribution in [0.5, 0.6) is 11.5 Å². The number of benzene rings is 2. The highest BCUT2D eigenvalue weighted by atomic mass is 35.5. The van der Waals surface area contributed by atoms with Gasteiger partial charge in [0.1, 0.15) is 12.4 Å². The van der Waals surface area contributed by atoms with Crippen LogP contribution in [0.25, 0.3) is 0 Å². The second kappa shape index (κ2) is 15.2. The number of carbonyl (C=O) groups excluding carboxylic acids is 2. The van der Waals surface area contributed by atoms with Gasteiger partial charge in [-0.1, -0.05) is 23.7 Å². The summed E-state index contributed by atoms with van der Waals surface area (Å²) in [6.45, 7) is 4.46. The maximum Gasteiger partial charge on any atom is 0.236 e. The smallest absolute Gasteiger partial charge is 0.236 e. The summed E-state index contributed by atoms with van der Waals surface area (Å²) in [5, 5.41) is 0.634. The number of methoxy groups -OCH3 is 1. The van der Waals surface area contributed by atoms with Crippen molar-refractivity contribution in [3.05, 3.63) is 76.4 Å². The molecule has 4 aliphatic rings. The number of amides is 2. The third kappa shape index (κ3) is 7.43. The maximum absolute atomic E-state index is 14.0. The summed E-state index contributed by atoms with van der Waals surface area (Å²) < 4.78 is 17.8. The predicted octanol–water partition coefficient (Wildman–Crippen LogP) is 5.75. The van der Waals surface area contributed by atoms with E-state index < -0.39 is 6.04 Å². The number of fused-ring (bicyclic) bond motifs is 1. The molecular weight excluding hydrogens is 654 g/mol. The second-order valence-corrected chi connectivity index (χ2v) is 14.7. The van der Waals surface area contributed by atoms with Crippen LogP contribution in [-0.2, 0) is 20.7 Å². The summed E-state index contributed by atoms with van der Waals surface area (Å²) in [5.41, 5.74) is 3.56. The van der Waals surface area contributed by atoms with Gasteiger partial charge in [0.05, 0.1) is 44.1 Å². The number of carbonyl (C=O) groups is 2. The Morgan fingerprint density at radius 2 is 1.78 bits per heavy atom. The van der Waals surface area contributed by atoms with E-state index in [1.807, 2.05) is 71.6 Å². The van der Waals surface area contributed by atoms with E-state index >= 15 is 0 Å². The Kier molecular flexibility index (Phi) is 10.5. The summed E-state index contributed by atoms with van der Waals surface area (Å²) in [6, 6.07) is 15.7. The molecule has 10 nitrogen and oxygen atoms in total. The van der Waals surface area contributed by atoms with Crippen molar-refractivity contribution in [2.75, 3.05) is 70.4 Å². The molecule has 2 atom stereocenters. The van der Waals surface area contributed by atoms with Crippen LogP contribution < -0.4 is 19.3 Å². The van der Waals surface area contributed by atoms with E-state index in [1.54, 1.807) is 7.11 Å². The first-order chi connectivity index (χ1) is 24.3. The van der Waals surface area contributed by atoms with Crippen LogP contribution in [0.2, 0.25) is 5.02 Å². The molecule has 3 aliphatic heterocycles. The number of piperazine rings is 1. The lowest BCUT2D eigenvalue weighted by atomic mass is 9.84. The minimum atomic E-state index is -0.407. The lowest BCUT2D eigenvalue weighted by Crippen LogP contribution is -2.53. The summed E-state index contributed by atoms with van der Waals surface area (Å²) in [5.74, 6) is 2.90. The van der Waals surface area contributed by atoms with E-state index in [1.165, 1.54) is 0 Å². The fourth-order valence-electron chi connectivity index (χ4n) is 8.06. The molecule has 2 saturated heterocycles. The number of pyridine rings is 1. The van der Waals surface area contributed by atoms with Gasteiger partial charge < -0.3 is 24.0 Å². The van der Waals surface area contributed by atoms with Gasteiger partial charge in [-0.25, -0.2) is 4.98 Å². The van der Waals surface area contributed by atoms with E-state index in [4.69, 9.17) is 30.8 Å². The third-order valence-corrected chi connectivity index (χ3v) is 11.2. The number of aromatic nitrogens is 1. The molecule has 2 aromatic carbocycles. The number of halogens is 1. The number of anilines is 2. The standard InChI is InChI=1S/C39H48ClN5O5/c1-42-16-17-44(24-38(42)47)30-12-6-26(7-13-30)23-43(2)36-15-14-31(22-41-36)45-37(46)20-28-19-34(48-3)35(50-25-32-5-4-18-49-32)21-33(28)39(45)27-8-10-29(40)11-9-27/h8-11,14-15,19,21-22,26,30,32,39H,4-7,12-13,16-18,20,23-25H2,1-3H3/t26?,30?,32-,39-/m0/s1. The fourth-order valence-corrected chi connectivity index (χ4v) is 8.19. The zero-order valence-electron chi connectivity index (χ0n) is 29.4. The molecule has 50 heavy (non-hydrogen) atoms. The maximum atomic E-state index is 14.0. The number of hydrogen-bond donors (Lipinski definition) is 0. The zero-order valence-corrected chi connectivity index (χ0v) is 30.1. The molecule has 3 fully saturated rings. The summed E-state index contributed by atoms with van der Waals surface area (Å²) >= 11 is 6.31. The summed E-state index contributed by atoms with van der Waals surface area (Å²) in [7, 11) is 5.62. The molecule has 1 saturated carbocycles. The first kappa shape index (κ1) is 34.6. The van der Waals surface area contributed by atoms with Crippen LogP contribution in [0.3, 0.4) is 0 Å². The lowest BCUT2D eigenvalue weighted by Gasteiger charge is -2.41. The van der Waals surface area contributed by atoms with Crippen molar-refractivity contribution >= 4 is 34.9 Å². The van der Waals surface area contributed by atoms with E-state index in [9.17, 15) is 9.59 Å². The number of nitrogens with zero attached hydrogens (tertiary/aromatic N) is 5. The average Bonchev–Trinajstić information content (AvgIpc) is 3.66. The van der Waals surface area contributed by atoms with Crippen molar-refractivity contribution in [1.82, 2.24) is 14.8 Å². The highest BCUT2D eigenvalue weighted by Crippen LogP contribution is 2.44. The van der Waals surface area contributed by atoms with Gasteiger partial charge in [-0.05, 0) is 97.5 Å². The fraction of sp³-hybridized carbons (Fsp3) is 0.513. The molecule has 0 unspecified atom stereocenters. The van der Waals surface area contributed by atoms with Crippen molar-refractivity contribution in [2.24, 2.45) is 5.92 Å². The van der Waals surface area contributed by atoms with Gasteiger partial charge in [-0.15, -0.1) is 0 Å². The summed E-state index contributed by atoms with van der Waals surface area (Å²) in [6.07, 6.45) is 8.65. The van der Waals surface area contributed by atoms with Crippen LogP contribution in [0.4, 0.5) is 11.5 Å². The van der Waals surface area contributed by atoms with Gasteiger partial charge in [0.25, 0.3) is 0 Å². The molecular formula is C39H48ClN5O5. The Balaban J connectivity index is 1.08. The molecule has 4 heterocycles. The summed E-state index contributed by atoms with van der Waals surface area (Å²) in [4.78, 5) is 39.4. The largest absolute Gasteiger partial charge is 0.493 e. The van der Waals surface area contributed by atoms with E-state index in [-0.39, 0.29) is 24.3 Å². The monoisotopic (exact) mass is 701 g/mol. The van der Waals surface area contributed by atoms with Crippen LogP contribution in [0.15, 0.2) is 54.7 Å². The van der Waals surface area contributed by atoms with Gasteiger partial charge in [0, 0.05) is 51.4 Å². The normalized spacial score (nSPS) is 24.3. The van der Waals surface area contributed by atoms with Gasteiger partial charge in [-0.2, -0.15) is 0 Å². The zero-order chi connectivity index (χ0) is 34.8. The van der Waals surface area contributed by atoms with Crippen molar-refractivity contribution in [3.63, 3.8) is 0 Å². The molecule has 1 aliphatic carbocycles. The third-order valence-electron chi connectivity index (χ3n) is 11.0. The predicted molar refractivity (Wildman–Crippen MR) is 194 cm³/mol. The molecule has 266 valence electrons. The second-order valence-electron chi connectivity index (χ2n) is 14.3. The molecule has 1 aromatic heterocycles. The van der Waals surface area contributed by atoms with E-state index in [0.717, 1.165) is 93.0 Å². The van der Waals surface area contributed by atoms with Gasteiger partial charge >= 0.3 is 0 Å². The number of rotatable bonds is 10. The topological polar surface area (TPSA) is 87.7 Å². The van der Waals surface area contributed by atoms with Crippen molar-refractivity contribution in [3.8, 4) is 11.5 Å². The molecule has 0 spiro atoms. The van der Waals surface area contributed by atoms with Crippen LogP contribution >= 0.6 is 11.6 Å². The molecule has 7 rings (SSSR count). The Morgan fingerprint density at radius 1 is 0.980 bits per heavy atom.